The van der Waals surface area contributed by atoms with E-state index in [4.69, 9.17) is 0 Å². The van der Waals surface area contributed by atoms with Crippen LogP contribution in [0, 0.1) is 0 Å². The van der Waals surface area contributed by atoms with Gasteiger partial charge in [0.25, 0.3) is 5.56 Å². The minimum atomic E-state index is -3.73. The van der Waals surface area contributed by atoms with Gasteiger partial charge in [0.15, 0.2) is 0 Å². The Hall–Kier alpha value is -4.70. The molecule has 2 aromatic heterocycles. The summed E-state index contributed by atoms with van der Waals surface area (Å²) in [6.07, 6.45) is 1.04. The standard InChI is InChI=1S/C38H32BrN3O4S/c1-42-33-18-7-5-15-31(33)37(43)35(38(42)44)34(26-12-8-13-27(39)22-26)36-30(29-14-4-6-17-32(29)41-36)16-9-21-40-47(45,46)28-20-19-24-10-2-3-11-25(24)23-28/h2-8,10-15,17-20,22-23,34,40-41,43H,9,16,21H2,1H3. The lowest BCUT2D eigenvalue weighted by Crippen LogP contribution is -2.26. The Balaban J connectivity index is 1.29. The van der Waals surface area contributed by atoms with Crippen molar-refractivity contribution in [2.75, 3.05) is 6.54 Å². The van der Waals surface area contributed by atoms with Gasteiger partial charge in [0.1, 0.15) is 5.75 Å². The van der Waals surface area contributed by atoms with Crippen LogP contribution in [-0.4, -0.2) is 29.6 Å². The number of nitrogens with zero attached hydrogens (tertiary/aromatic N) is 1. The van der Waals surface area contributed by atoms with Gasteiger partial charge >= 0.3 is 0 Å². The van der Waals surface area contributed by atoms with Gasteiger partial charge in [-0.15, -0.1) is 0 Å². The molecule has 0 fully saturated rings. The molecular weight excluding hydrogens is 674 g/mol. The number of rotatable bonds is 9. The largest absolute Gasteiger partial charge is 0.507 e. The average molecular weight is 707 g/mol. The molecule has 0 saturated carbocycles. The fraction of sp³-hybridized carbons (Fsp3) is 0.132. The summed E-state index contributed by atoms with van der Waals surface area (Å²) in [4.78, 5) is 17.9. The molecule has 1 unspecified atom stereocenters. The summed E-state index contributed by atoms with van der Waals surface area (Å²) < 4.78 is 31.7. The summed E-state index contributed by atoms with van der Waals surface area (Å²) >= 11 is 3.60. The van der Waals surface area contributed by atoms with Crippen molar-refractivity contribution in [1.82, 2.24) is 14.3 Å². The molecule has 2 heterocycles. The number of halogens is 1. The van der Waals surface area contributed by atoms with Gasteiger partial charge in [0.05, 0.1) is 21.9 Å². The lowest BCUT2D eigenvalue weighted by molar-refractivity contribution is 0.470. The molecule has 9 heteroatoms. The second-order valence-electron chi connectivity index (χ2n) is 11.7. The first-order chi connectivity index (χ1) is 22.7. The Morgan fingerprint density at radius 2 is 1.57 bits per heavy atom. The SMILES string of the molecule is Cn1c(=O)c(C(c2cccc(Br)c2)c2[nH]c3ccccc3c2CCCNS(=O)(=O)c2ccc3ccccc3c2)c(O)c2ccccc21. The van der Waals surface area contributed by atoms with Crippen molar-refractivity contribution in [2.45, 2.75) is 23.7 Å². The summed E-state index contributed by atoms with van der Waals surface area (Å²) in [6, 6.07) is 35.8. The zero-order chi connectivity index (χ0) is 32.7. The lowest BCUT2D eigenvalue weighted by Gasteiger charge is -2.22. The maximum atomic E-state index is 14.1. The number of nitrogens with one attached hydrogen (secondary N) is 2. The highest BCUT2D eigenvalue weighted by molar-refractivity contribution is 9.10. The maximum Gasteiger partial charge on any atom is 0.258 e. The summed E-state index contributed by atoms with van der Waals surface area (Å²) in [5.74, 6) is -0.686. The topological polar surface area (TPSA) is 104 Å². The van der Waals surface area contributed by atoms with E-state index in [0.717, 1.165) is 43.0 Å². The van der Waals surface area contributed by atoms with Crippen LogP contribution in [0.3, 0.4) is 0 Å². The first-order valence-electron chi connectivity index (χ1n) is 15.4. The zero-order valence-electron chi connectivity index (χ0n) is 25.6. The Morgan fingerprint density at radius 1 is 0.851 bits per heavy atom. The molecule has 236 valence electrons. The van der Waals surface area contributed by atoms with Gasteiger partial charge in [0, 0.05) is 40.0 Å². The Bertz CT molecular complexity index is 2470. The number of aromatic nitrogens is 2. The van der Waals surface area contributed by atoms with Gasteiger partial charge < -0.3 is 14.7 Å². The van der Waals surface area contributed by atoms with Crippen molar-refractivity contribution in [3.8, 4) is 5.75 Å². The second kappa shape index (κ2) is 12.5. The minimum absolute atomic E-state index is 0.0542. The zero-order valence-corrected chi connectivity index (χ0v) is 28.0. The number of pyridine rings is 1. The van der Waals surface area contributed by atoms with Crippen molar-refractivity contribution in [1.29, 1.82) is 0 Å². The van der Waals surface area contributed by atoms with Gasteiger partial charge in [-0.25, -0.2) is 13.1 Å². The number of aromatic amines is 1. The quantitative estimate of drug-likeness (QED) is 0.134. The van der Waals surface area contributed by atoms with Crippen molar-refractivity contribution >= 4 is 58.5 Å². The van der Waals surface area contributed by atoms with E-state index in [-0.39, 0.29) is 28.3 Å². The number of fused-ring (bicyclic) bond motifs is 3. The van der Waals surface area contributed by atoms with Gasteiger partial charge in [-0.2, -0.15) is 0 Å². The third-order valence-electron chi connectivity index (χ3n) is 8.84. The van der Waals surface area contributed by atoms with Gasteiger partial charge in [-0.1, -0.05) is 88.7 Å². The first-order valence-corrected chi connectivity index (χ1v) is 17.6. The van der Waals surface area contributed by atoms with E-state index in [1.807, 2.05) is 103 Å². The van der Waals surface area contributed by atoms with E-state index >= 15 is 0 Å². The number of aryl methyl sites for hydroxylation is 2. The molecule has 0 spiro atoms. The Kier molecular flexibility index (Phi) is 8.21. The third kappa shape index (κ3) is 5.75. The molecule has 0 aliphatic carbocycles. The molecule has 0 amide bonds. The maximum absolute atomic E-state index is 14.1. The molecule has 7 aromatic rings. The van der Waals surface area contributed by atoms with Crippen molar-refractivity contribution in [2.24, 2.45) is 7.05 Å². The molecule has 0 aliphatic heterocycles. The molecule has 0 radical (unpaired) electrons. The number of hydrogen-bond donors (Lipinski definition) is 3. The highest BCUT2D eigenvalue weighted by Crippen LogP contribution is 2.41. The van der Waals surface area contributed by atoms with Gasteiger partial charge in [-0.05, 0) is 77.2 Å². The molecule has 47 heavy (non-hydrogen) atoms. The summed E-state index contributed by atoms with van der Waals surface area (Å²) in [5.41, 5.74) is 4.09. The predicted molar refractivity (Wildman–Crippen MR) is 192 cm³/mol. The monoisotopic (exact) mass is 705 g/mol. The predicted octanol–water partition coefficient (Wildman–Crippen LogP) is 7.73. The van der Waals surface area contributed by atoms with Crippen LogP contribution in [0.15, 0.2) is 129 Å². The number of hydrogen-bond acceptors (Lipinski definition) is 4. The molecular formula is C38H32BrN3O4S. The van der Waals surface area contributed by atoms with Crippen LogP contribution in [0.4, 0.5) is 0 Å². The third-order valence-corrected chi connectivity index (χ3v) is 10.8. The van der Waals surface area contributed by atoms with E-state index in [0.29, 0.717) is 23.7 Å². The smallest absolute Gasteiger partial charge is 0.258 e. The number of aromatic hydroxyl groups is 1. The summed E-state index contributed by atoms with van der Waals surface area (Å²) in [5, 5.41) is 15.2. The summed E-state index contributed by atoms with van der Waals surface area (Å²) in [7, 11) is -2.01. The normalized spacial score (nSPS) is 12.6. The van der Waals surface area contributed by atoms with Crippen LogP contribution in [0.1, 0.15) is 34.7 Å². The van der Waals surface area contributed by atoms with E-state index < -0.39 is 15.9 Å². The number of H-pyrrole nitrogens is 1. The van der Waals surface area contributed by atoms with Crippen LogP contribution >= 0.6 is 15.9 Å². The molecule has 0 aliphatic rings. The first kappa shape index (κ1) is 30.9. The van der Waals surface area contributed by atoms with Gasteiger partial charge in [0.2, 0.25) is 10.0 Å². The highest BCUT2D eigenvalue weighted by atomic mass is 79.9. The van der Waals surface area contributed by atoms with Crippen molar-refractivity contribution in [3.63, 3.8) is 0 Å². The van der Waals surface area contributed by atoms with E-state index in [2.05, 4.69) is 25.6 Å². The Morgan fingerprint density at radius 3 is 2.38 bits per heavy atom. The molecule has 1 atom stereocenters. The molecule has 3 N–H and O–H groups in total. The second-order valence-corrected chi connectivity index (χ2v) is 14.4. The van der Waals surface area contributed by atoms with Gasteiger partial charge in [-0.3, -0.25) is 4.79 Å². The highest BCUT2D eigenvalue weighted by Gasteiger charge is 2.30. The molecule has 7 nitrogen and oxygen atoms in total. The minimum Gasteiger partial charge on any atom is -0.507 e. The van der Waals surface area contributed by atoms with E-state index in [1.54, 1.807) is 23.7 Å². The number of para-hydroxylation sites is 2. The number of sulfonamides is 1. The number of benzene rings is 5. The Labute approximate surface area is 280 Å². The molecule has 0 bridgehead atoms. The fourth-order valence-corrected chi connectivity index (χ4v) is 8.08. The van der Waals surface area contributed by atoms with E-state index in [1.165, 1.54) is 0 Å². The van der Waals surface area contributed by atoms with Crippen LogP contribution < -0.4 is 10.3 Å². The van der Waals surface area contributed by atoms with Crippen molar-refractivity contribution in [3.05, 3.63) is 152 Å². The summed E-state index contributed by atoms with van der Waals surface area (Å²) in [6.45, 7) is 0.221. The fourth-order valence-electron chi connectivity index (χ4n) is 6.55. The van der Waals surface area contributed by atoms with Crippen LogP contribution in [0.25, 0.3) is 32.6 Å². The van der Waals surface area contributed by atoms with Crippen LogP contribution in [0.5, 0.6) is 5.75 Å². The molecule has 7 rings (SSSR count). The average Bonchev–Trinajstić information content (AvgIpc) is 3.45. The van der Waals surface area contributed by atoms with Crippen molar-refractivity contribution < 1.29 is 13.5 Å². The molecule has 5 aromatic carbocycles. The van der Waals surface area contributed by atoms with Crippen LogP contribution in [-0.2, 0) is 23.5 Å². The van der Waals surface area contributed by atoms with Crippen LogP contribution in [0.2, 0.25) is 0 Å². The lowest BCUT2D eigenvalue weighted by atomic mass is 9.85. The molecule has 0 saturated heterocycles. The van der Waals surface area contributed by atoms with E-state index in [9.17, 15) is 18.3 Å².